The maximum absolute atomic E-state index is 12.4. The van der Waals surface area contributed by atoms with Gasteiger partial charge in [0.1, 0.15) is 0 Å². The van der Waals surface area contributed by atoms with Crippen LogP contribution >= 0.6 is 0 Å². The van der Waals surface area contributed by atoms with E-state index in [9.17, 15) is 4.79 Å². The quantitative estimate of drug-likeness (QED) is 0.829. The highest BCUT2D eigenvalue weighted by Crippen LogP contribution is 2.18. The van der Waals surface area contributed by atoms with Gasteiger partial charge in [0.15, 0.2) is 0 Å². The fourth-order valence-electron chi connectivity index (χ4n) is 2.94. The molecule has 0 bridgehead atoms. The van der Waals surface area contributed by atoms with Crippen molar-refractivity contribution in [3.05, 3.63) is 18.5 Å². The van der Waals surface area contributed by atoms with Crippen LogP contribution in [0.4, 0.5) is 5.95 Å². The lowest BCUT2D eigenvalue weighted by molar-refractivity contribution is -0.132. The van der Waals surface area contributed by atoms with Gasteiger partial charge >= 0.3 is 0 Å². The Labute approximate surface area is 125 Å². The SMILES string of the molecule is O=C(CC1CCOC1)N1CCCN(c2ncccn2)CC1. The van der Waals surface area contributed by atoms with Crippen molar-refractivity contribution in [3.63, 3.8) is 0 Å². The molecule has 1 aromatic heterocycles. The van der Waals surface area contributed by atoms with Gasteiger partial charge in [-0.1, -0.05) is 0 Å². The molecule has 0 aromatic carbocycles. The number of carbonyl (C=O) groups is 1. The second-order valence-corrected chi connectivity index (χ2v) is 5.70. The largest absolute Gasteiger partial charge is 0.381 e. The molecule has 0 N–H and O–H groups in total. The maximum Gasteiger partial charge on any atom is 0.225 e. The van der Waals surface area contributed by atoms with Gasteiger partial charge in [-0.2, -0.15) is 0 Å². The molecule has 6 nitrogen and oxygen atoms in total. The molecule has 2 fully saturated rings. The summed E-state index contributed by atoms with van der Waals surface area (Å²) in [6.45, 7) is 4.83. The van der Waals surface area contributed by atoms with Gasteiger partial charge in [-0.15, -0.1) is 0 Å². The predicted molar refractivity (Wildman–Crippen MR) is 79.0 cm³/mol. The molecule has 2 aliphatic heterocycles. The molecular weight excluding hydrogens is 268 g/mol. The number of amides is 1. The highest BCUT2D eigenvalue weighted by Gasteiger charge is 2.24. The van der Waals surface area contributed by atoms with E-state index >= 15 is 0 Å². The molecule has 1 unspecified atom stereocenters. The standard InChI is InChI=1S/C15H22N4O2/c20-14(11-13-3-10-21-12-13)18-6-2-7-19(9-8-18)15-16-4-1-5-17-15/h1,4-5,13H,2-3,6-12H2. The van der Waals surface area contributed by atoms with Gasteiger partial charge in [-0.25, -0.2) is 9.97 Å². The van der Waals surface area contributed by atoms with E-state index in [-0.39, 0.29) is 5.91 Å². The number of rotatable bonds is 3. The van der Waals surface area contributed by atoms with Crippen molar-refractivity contribution < 1.29 is 9.53 Å². The van der Waals surface area contributed by atoms with E-state index in [1.807, 2.05) is 11.0 Å². The van der Waals surface area contributed by atoms with E-state index in [1.165, 1.54) is 0 Å². The van der Waals surface area contributed by atoms with Crippen LogP contribution < -0.4 is 4.90 Å². The van der Waals surface area contributed by atoms with Gasteiger partial charge in [-0.05, 0) is 24.8 Å². The summed E-state index contributed by atoms with van der Waals surface area (Å²) >= 11 is 0. The Hall–Kier alpha value is -1.69. The van der Waals surface area contributed by atoms with Crippen molar-refractivity contribution in [3.8, 4) is 0 Å². The molecule has 114 valence electrons. The van der Waals surface area contributed by atoms with E-state index in [4.69, 9.17) is 4.74 Å². The van der Waals surface area contributed by atoms with Gasteiger partial charge in [0.05, 0.1) is 0 Å². The second kappa shape index (κ2) is 6.85. The van der Waals surface area contributed by atoms with Crippen LogP contribution in [0.25, 0.3) is 0 Å². The van der Waals surface area contributed by atoms with Crippen LogP contribution in [0.5, 0.6) is 0 Å². The Bertz CT molecular complexity index is 462. The third-order valence-corrected chi connectivity index (χ3v) is 4.17. The van der Waals surface area contributed by atoms with Crippen LogP contribution in [0.2, 0.25) is 0 Å². The van der Waals surface area contributed by atoms with Gasteiger partial charge < -0.3 is 14.5 Å². The molecule has 21 heavy (non-hydrogen) atoms. The normalized spacial score (nSPS) is 23.1. The molecule has 1 aromatic rings. The number of aromatic nitrogens is 2. The summed E-state index contributed by atoms with van der Waals surface area (Å²) in [6, 6.07) is 1.82. The summed E-state index contributed by atoms with van der Waals surface area (Å²) in [5, 5.41) is 0. The van der Waals surface area contributed by atoms with Crippen molar-refractivity contribution in [1.29, 1.82) is 0 Å². The highest BCUT2D eigenvalue weighted by molar-refractivity contribution is 5.76. The maximum atomic E-state index is 12.4. The molecule has 0 radical (unpaired) electrons. The summed E-state index contributed by atoms with van der Waals surface area (Å²) in [5.74, 6) is 1.44. The molecule has 1 amide bonds. The van der Waals surface area contributed by atoms with Crippen LogP contribution in [-0.4, -0.2) is 60.2 Å². The van der Waals surface area contributed by atoms with Crippen molar-refractivity contribution in [2.75, 3.05) is 44.3 Å². The fraction of sp³-hybridized carbons (Fsp3) is 0.667. The molecule has 0 saturated carbocycles. The third kappa shape index (κ3) is 3.69. The molecular formula is C15H22N4O2. The van der Waals surface area contributed by atoms with E-state index < -0.39 is 0 Å². The number of ether oxygens (including phenoxy) is 1. The van der Waals surface area contributed by atoms with Gasteiger partial charge in [-0.3, -0.25) is 4.79 Å². The predicted octanol–water partition coefficient (Wildman–Crippen LogP) is 0.942. The molecule has 2 aliphatic rings. The minimum Gasteiger partial charge on any atom is -0.381 e. The average Bonchev–Trinajstić information content (AvgIpc) is 2.89. The lowest BCUT2D eigenvalue weighted by Gasteiger charge is -2.23. The molecule has 3 rings (SSSR count). The van der Waals surface area contributed by atoms with E-state index in [2.05, 4.69) is 14.9 Å². The Morgan fingerprint density at radius 1 is 1.24 bits per heavy atom. The average molecular weight is 290 g/mol. The first-order chi connectivity index (χ1) is 10.3. The van der Waals surface area contributed by atoms with Crippen LogP contribution in [-0.2, 0) is 9.53 Å². The summed E-state index contributed by atoms with van der Waals surface area (Å²) in [4.78, 5) is 25.1. The highest BCUT2D eigenvalue weighted by atomic mass is 16.5. The zero-order valence-corrected chi connectivity index (χ0v) is 12.3. The second-order valence-electron chi connectivity index (χ2n) is 5.70. The summed E-state index contributed by atoms with van der Waals surface area (Å²) in [7, 11) is 0. The smallest absolute Gasteiger partial charge is 0.225 e. The number of nitrogens with zero attached hydrogens (tertiary/aromatic N) is 4. The Balaban J connectivity index is 1.54. The number of anilines is 1. The van der Waals surface area contributed by atoms with Crippen molar-refractivity contribution >= 4 is 11.9 Å². The summed E-state index contributed by atoms with van der Waals surface area (Å²) in [5.41, 5.74) is 0. The zero-order chi connectivity index (χ0) is 14.5. The van der Waals surface area contributed by atoms with Crippen molar-refractivity contribution in [2.45, 2.75) is 19.3 Å². The first-order valence-corrected chi connectivity index (χ1v) is 7.70. The topological polar surface area (TPSA) is 58.6 Å². The van der Waals surface area contributed by atoms with Crippen molar-refractivity contribution in [1.82, 2.24) is 14.9 Å². The first-order valence-electron chi connectivity index (χ1n) is 7.70. The lowest BCUT2D eigenvalue weighted by atomic mass is 10.0. The third-order valence-electron chi connectivity index (χ3n) is 4.17. The number of hydrogen-bond acceptors (Lipinski definition) is 5. The van der Waals surface area contributed by atoms with Gasteiger partial charge in [0.2, 0.25) is 11.9 Å². The number of hydrogen-bond donors (Lipinski definition) is 0. The molecule has 0 spiro atoms. The summed E-state index contributed by atoms with van der Waals surface area (Å²) in [6.07, 6.45) is 6.13. The Kier molecular flexibility index (Phi) is 4.65. The minimum absolute atomic E-state index is 0.265. The van der Waals surface area contributed by atoms with E-state index in [0.29, 0.717) is 12.3 Å². The van der Waals surface area contributed by atoms with Gasteiger partial charge in [0.25, 0.3) is 0 Å². The van der Waals surface area contributed by atoms with Gasteiger partial charge in [0, 0.05) is 58.2 Å². The first kappa shape index (κ1) is 14.3. The zero-order valence-electron chi connectivity index (χ0n) is 12.3. The van der Waals surface area contributed by atoms with Crippen LogP contribution in [0.15, 0.2) is 18.5 Å². The Morgan fingerprint density at radius 2 is 2.10 bits per heavy atom. The van der Waals surface area contributed by atoms with E-state index in [1.54, 1.807) is 12.4 Å². The Morgan fingerprint density at radius 3 is 2.86 bits per heavy atom. The van der Waals surface area contributed by atoms with Crippen LogP contribution in [0.3, 0.4) is 0 Å². The van der Waals surface area contributed by atoms with Crippen molar-refractivity contribution in [2.24, 2.45) is 5.92 Å². The summed E-state index contributed by atoms with van der Waals surface area (Å²) < 4.78 is 5.35. The molecule has 3 heterocycles. The lowest BCUT2D eigenvalue weighted by Crippen LogP contribution is -2.36. The molecule has 1 atom stereocenters. The molecule has 2 saturated heterocycles. The number of carbonyl (C=O) groups excluding carboxylic acids is 1. The fourth-order valence-corrected chi connectivity index (χ4v) is 2.94. The van der Waals surface area contributed by atoms with E-state index in [0.717, 1.165) is 58.2 Å². The van der Waals surface area contributed by atoms with Crippen LogP contribution in [0.1, 0.15) is 19.3 Å². The van der Waals surface area contributed by atoms with Crippen LogP contribution in [0, 0.1) is 5.92 Å². The monoisotopic (exact) mass is 290 g/mol. The molecule has 0 aliphatic carbocycles. The minimum atomic E-state index is 0.265. The molecule has 6 heteroatoms.